The van der Waals surface area contributed by atoms with Gasteiger partial charge in [0.15, 0.2) is 0 Å². The topological polar surface area (TPSA) is 41.6 Å². The second-order valence-corrected chi connectivity index (χ2v) is 5.32. The van der Waals surface area contributed by atoms with Gasteiger partial charge in [-0.25, -0.2) is 0 Å². The van der Waals surface area contributed by atoms with Gasteiger partial charge in [-0.2, -0.15) is 0 Å². The lowest BCUT2D eigenvalue weighted by atomic mass is 9.75. The Bertz CT molecular complexity index is 269. The molecule has 98 valence electrons. The van der Waals surface area contributed by atoms with Crippen molar-refractivity contribution in [2.45, 2.75) is 38.6 Å². The molecule has 0 aromatic carbocycles. The first kappa shape index (κ1) is 12.8. The summed E-state index contributed by atoms with van der Waals surface area (Å²) >= 11 is 0. The van der Waals surface area contributed by atoms with Gasteiger partial charge in [-0.15, -0.1) is 0 Å². The van der Waals surface area contributed by atoms with Crippen molar-refractivity contribution in [3.05, 3.63) is 0 Å². The molecule has 17 heavy (non-hydrogen) atoms. The average Bonchev–Trinajstić information content (AvgIpc) is 2.91. The summed E-state index contributed by atoms with van der Waals surface area (Å²) in [5.41, 5.74) is -0.122. The Hall–Kier alpha value is -0.610. The van der Waals surface area contributed by atoms with Gasteiger partial charge in [0, 0.05) is 13.7 Å². The third kappa shape index (κ3) is 2.47. The van der Waals surface area contributed by atoms with Gasteiger partial charge in [0.1, 0.15) is 0 Å². The molecule has 1 N–H and O–H groups in total. The van der Waals surface area contributed by atoms with Crippen LogP contribution in [0, 0.1) is 5.41 Å². The van der Waals surface area contributed by atoms with E-state index in [1.807, 2.05) is 11.9 Å². The van der Waals surface area contributed by atoms with Gasteiger partial charge in [0.25, 0.3) is 0 Å². The minimum Gasteiger partial charge on any atom is -0.379 e. The molecule has 2 aliphatic heterocycles. The van der Waals surface area contributed by atoms with Crippen molar-refractivity contribution in [3.63, 3.8) is 0 Å². The third-order valence-corrected chi connectivity index (χ3v) is 4.46. The maximum atomic E-state index is 12.7. The van der Waals surface area contributed by atoms with Crippen LogP contribution >= 0.6 is 0 Å². The molecule has 2 saturated heterocycles. The van der Waals surface area contributed by atoms with E-state index in [9.17, 15) is 4.79 Å². The molecule has 2 heterocycles. The monoisotopic (exact) mass is 240 g/mol. The molecule has 1 atom stereocenters. The molecule has 0 aromatic heterocycles. The Morgan fingerprint density at radius 1 is 1.47 bits per heavy atom. The van der Waals surface area contributed by atoms with Crippen LogP contribution in [0.5, 0.6) is 0 Å². The zero-order valence-electron chi connectivity index (χ0n) is 11.0. The molecular formula is C13H24N2O2. The van der Waals surface area contributed by atoms with Crippen LogP contribution < -0.4 is 5.32 Å². The lowest BCUT2D eigenvalue weighted by molar-refractivity contribution is -0.145. The number of amides is 1. The van der Waals surface area contributed by atoms with Crippen molar-refractivity contribution in [2.24, 2.45) is 5.41 Å². The lowest BCUT2D eigenvalue weighted by Gasteiger charge is -2.39. The summed E-state index contributed by atoms with van der Waals surface area (Å²) in [5, 5.41) is 3.34. The SMILES string of the molecule is CCC1(C(=O)N(C)C2CCOC2)CCNCC1. The number of carbonyl (C=O) groups is 1. The summed E-state index contributed by atoms with van der Waals surface area (Å²) in [6.45, 7) is 5.58. The van der Waals surface area contributed by atoms with Crippen LogP contribution in [-0.2, 0) is 9.53 Å². The fourth-order valence-corrected chi connectivity index (χ4v) is 2.99. The zero-order valence-corrected chi connectivity index (χ0v) is 11.0. The predicted octanol–water partition coefficient (Wildman–Crippen LogP) is 1.01. The number of nitrogens with zero attached hydrogens (tertiary/aromatic N) is 1. The van der Waals surface area contributed by atoms with Gasteiger partial charge < -0.3 is 15.0 Å². The van der Waals surface area contributed by atoms with E-state index >= 15 is 0 Å². The first-order valence-corrected chi connectivity index (χ1v) is 6.75. The van der Waals surface area contributed by atoms with E-state index in [-0.39, 0.29) is 5.41 Å². The van der Waals surface area contributed by atoms with Crippen molar-refractivity contribution >= 4 is 5.91 Å². The van der Waals surface area contributed by atoms with E-state index < -0.39 is 0 Å². The highest BCUT2D eigenvalue weighted by Gasteiger charge is 2.41. The van der Waals surface area contributed by atoms with Crippen LogP contribution in [0.2, 0.25) is 0 Å². The molecule has 1 amide bonds. The van der Waals surface area contributed by atoms with Gasteiger partial charge in [-0.05, 0) is 38.8 Å². The first-order valence-electron chi connectivity index (χ1n) is 6.75. The zero-order chi connectivity index (χ0) is 12.3. The molecule has 2 rings (SSSR count). The number of likely N-dealkylation sites (N-methyl/N-ethyl adjacent to an activating group) is 1. The average molecular weight is 240 g/mol. The molecule has 1 unspecified atom stereocenters. The fourth-order valence-electron chi connectivity index (χ4n) is 2.99. The Morgan fingerprint density at radius 3 is 2.71 bits per heavy atom. The van der Waals surface area contributed by atoms with E-state index in [1.165, 1.54) is 0 Å². The minimum absolute atomic E-state index is 0.122. The third-order valence-electron chi connectivity index (χ3n) is 4.46. The summed E-state index contributed by atoms with van der Waals surface area (Å²) in [6.07, 6.45) is 3.88. The number of rotatable bonds is 3. The van der Waals surface area contributed by atoms with Crippen molar-refractivity contribution in [3.8, 4) is 0 Å². The summed E-state index contributed by atoms with van der Waals surface area (Å²) in [6, 6.07) is 0.292. The van der Waals surface area contributed by atoms with E-state index in [2.05, 4.69) is 12.2 Å². The standard InChI is InChI=1S/C13H24N2O2/c1-3-13(5-7-14-8-6-13)12(16)15(2)11-4-9-17-10-11/h11,14H,3-10H2,1-2H3. The van der Waals surface area contributed by atoms with Gasteiger partial charge in [-0.1, -0.05) is 6.92 Å². The molecular weight excluding hydrogens is 216 g/mol. The highest BCUT2D eigenvalue weighted by atomic mass is 16.5. The number of piperidine rings is 1. The van der Waals surface area contributed by atoms with E-state index in [1.54, 1.807) is 0 Å². The molecule has 2 fully saturated rings. The number of hydrogen-bond acceptors (Lipinski definition) is 3. The molecule has 2 aliphatic rings. The van der Waals surface area contributed by atoms with Gasteiger partial charge in [0.2, 0.25) is 5.91 Å². The fraction of sp³-hybridized carbons (Fsp3) is 0.923. The van der Waals surface area contributed by atoms with Crippen LogP contribution in [0.3, 0.4) is 0 Å². The number of hydrogen-bond donors (Lipinski definition) is 1. The van der Waals surface area contributed by atoms with E-state index in [0.29, 0.717) is 18.6 Å². The highest BCUT2D eigenvalue weighted by Crippen LogP contribution is 2.35. The smallest absolute Gasteiger partial charge is 0.228 e. The van der Waals surface area contributed by atoms with Crippen LogP contribution in [0.1, 0.15) is 32.6 Å². The van der Waals surface area contributed by atoms with E-state index in [0.717, 1.165) is 45.4 Å². The molecule has 0 aliphatic carbocycles. The Balaban J connectivity index is 2.04. The summed E-state index contributed by atoms with van der Waals surface area (Å²) in [7, 11) is 1.95. The maximum absolute atomic E-state index is 12.7. The quantitative estimate of drug-likeness (QED) is 0.800. The van der Waals surface area contributed by atoms with Crippen LogP contribution in [0.4, 0.5) is 0 Å². The van der Waals surface area contributed by atoms with Gasteiger partial charge in [-0.3, -0.25) is 4.79 Å². The normalized spacial score (nSPS) is 28.0. The van der Waals surface area contributed by atoms with Crippen molar-refractivity contribution < 1.29 is 9.53 Å². The molecule has 0 bridgehead atoms. The lowest BCUT2D eigenvalue weighted by Crippen LogP contribution is -2.50. The Labute approximate surface area is 104 Å². The summed E-state index contributed by atoms with van der Waals surface area (Å²) < 4.78 is 5.38. The van der Waals surface area contributed by atoms with Crippen LogP contribution in [0.25, 0.3) is 0 Å². The largest absolute Gasteiger partial charge is 0.379 e. The predicted molar refractivity (Wildman–Crippen MR) is 66.8 cm³/mol. The molecule has 0 spiro atoms. The van der Waals surface area contributed by atoms with Crippen molar-refractivity contribution in [1.82, 2.24) is 10.2 Å². The number of nitrogens with one attached hydrogen (secondary N) is 1. The Kier molecular flexibility index (Phi) is 4.05. The first-order chi connectivity index (χ1) is 8.19. The van der Waals surface area contributed by atoms with Gasteiger partial charge in [0.05, 0.1) is 18.1 Å². The van der Waals surface area contributed by atoms with Crippen molar-refractivity contribution in [2.75, 3.05) is 33.4 Å². The number of ether oxygens (including phenoxy) is 1. The minimum atomic E-state index is -0.122. The molecule has 0 radical (unpaired) electrons. The molecule has 4 nitrogen and oxygen atoms in total. The van der Waals surface area contributed by atoms with Crippen LogP contribution in [-0.4, -0.2) is 50.2 Å². The second kappa shape index (κ2) is 5.36. The molecule has 0 saturated carbocycles. The molecule has 4 heteroatoms. The van der Waals surface area contributed by atoms with Crippen molar-refractivity contribution in [1.29, 1.82) is 0 Å². The van der Waals surface area contributed by atoms with E-state index in [4.69, 9.17) is 4.74 Å². The number of carbonyl (C=O) groups excluding carboxylic acids is 1. The highest BCUT2D eigenvalue weighted by molar-refractivity contribution is 5.83. The summed E-state index contributed by atoms with van der Waals surface area (Å²) in [5.74, 6) is 0.331. The Morgan fingerprint density at radius 2 is 2.18 bits per heavy atom. The van der Waals surface area contributed by atoms with Gasteiger partial charge >= 0.3 is 0 Å². The van der Waals surface area contributed by atoms with Crippen LogP contribution in [0.15, 0.2) is 0 Å². The summed E-state index contributed by atoms with van der Waals surface area (Å²) in [4.78, 5) is 14.6. The second-order valence-electron chi connectivity index (χ2n) is 5.32. The maximum Gasteiger partial charge on any atom is 0.228 e. The molecule has 0 aromatic rings.